The minimum Gasteiger partial charge on any atom is -0.469 e. The molecule has 0 N–H and O–H groups in total. The van der Waals surface area contributed by atoms with Gasteiger partial charge in [-0.05, 0) is 39.7 Å². The van der Waals surface area contributed by atoms with Crippen LogP contribution in [-0.2, 0) is 29.9 Å². The van der Waals surface area contributed by atoms with Crippen LogP contribution in [0.25, 0.3) is 0 Å². The molecule has 3 aromatic rings. The summed E-state index contributed by atoms with van der Waals surface area (Å²) in [5.74, 6) is -0.825. The number of carbonyl (C=O) groups excluding carboxylic acids is 1. The molecule has 6 heteroatoms. The highest BCUT2D eigenvalue weighted by atomic mass is 28.4. The lowest BCUT2D eigenvalue weighted by Gasteiger charge is -2.44. The highest BCUT2D eigenvalue weighted by Gasteiger charge is 2.51. The molecule has 0 heterocycles. The zero-order valence-electron chi connectivity index (χ0n) is 25.7. The average molecular weight is 577 g/mol. The molecule has 0 aromatic heterocycles. The van der Waals surface area contributed by atoms with Crippen LogP contribution < -0.4 is 10.4 Å². The Bertz CT molecular complexity index is 1110. The summed E-state index contributed by atoms with van der Waals surface area (Å²) in [5.41, 5.74) is 1.08. The molecule has 0 fully saturated rings. The Morgan fingerprint density at radius 2 is 1.39 bits per heavy atom. The summed E-state index contributed by atoms with van der Waals surface area (Å²) < 4.78 is 24.8. The lowest BCUT2D eigenvalue weighted by Crippen LogP contribution is -2.67. The molecule has 3 aromatic carbocycles. The number of esters is 1. The van der Waals surface area contributed by atoms with Gasteiger partial charge in [-0.25, -0.2) is 0 Å². The van der Waals surface area contributed by atoms with Crippen LogP contribution in [-0.4, -0.2) is 47.5 Å². The molecular weight excluding hydrogens is 528 g/mol. The molecular formula is C35H48O5Si. The van der Waals surface area contributed by atoms with Crippen LogP contribution in [0, 0.1) is 11.8 Å². The predicted molar refractivity (Wildman–Crippen MR) is 169 cm³/mol. The molecule has 0 spiro atoms. The van der Waals surface area contributed by atoms with E-state index in [4.69, 9.17) is 18.6 Å². The van der Waals surface area contributed by atoms with Gasteiger partial charge in [-0.2, -0.15) is 0 Å². The molecule has 5 nitrogen and oxygen atoms in total. The van der Waals surface area contributed by atoms with Crippen molar-refractivity contribution in [3.8, 4) is 0 Å². The van der Waals surface area contributed by atoms with Gasteiger partial charge >= 0.3 is 5.97 Å². The smallest absolute Gasteiger partial charge is 0.309 e. The molecule has 0 aliphatic carbocycles. The zero-order valence-corrected chi connectivity index (χ0v) is 26.7. The maximum Gasteiger partial charge on any atom is 0.309 e. The second kappa shape index (κ2) is 16.0. The largest absolute Gasteiger partial charge is 0.469 e. The normalized spacial score (nSPS) is 14.3. The fourth-order valence-electron chi connectivity index (χ4n) is 5.52. The highest BCUT2D eigenvalue weighted by Crippen LogP contribution is 2.37. The SMILES string of the molecule is CCCCOCO[C@H](CO[Si](c1ccccc1)(c1ccccc1)C(C)(C)C)[C@@H](C)[C@H](Cc1ccccc1)C(=O)OC. The van der Waals surface area contributed by atoms with Gasteiger partial charge in [0.1, 0.15) is 6.79 Å². The topological polar surface area (TPSA) is 54.0 Å². The summed E-state index contributed by atoms with van der Waals surface area (Å²) >= 11 is 0. The number of hydrogen-bond acceptors (Lipinski definition) is 5. The third kappa shape index (κ3) is 8.62. The van der Waals surface area contributed by atoms with Crippen LogP contribution in [0.3, 0.4) is 0 Å². The zero-order chi connectivity index (χ0) is 29.7. The van der Waals surface area contributed by atoms with E-state index < -0.39 is 14.2 Å². The van der Waals surface area contributed by atoms with Gasteiger partial charge in [0.15, 0.2) is 0 Å². The van der Waals surface area contributed by atoms with Crippen molar-refractivity contribution in [2.24, 2.45) is 11.8 Å². The van der Waals surface area contributed by atoms with E-state index in [0.29, 0.717) is 19.6 Å². The van der Waals surface area contributed by atoms with Crippen molar-refractivity contribution in [2.75, 3.05) is 27.1 Å². The van der Waals surface area contributed by atoms with E-state index in [1.165, 1.54) is 17.5 Å². The van der Waals surface area contributed by atoms with Crippen LogP contribution in [0.5, 0.6) is 0 Å². The second-order valence-corrected chi connectivity index (χ2v) is 16.0. The number of ether oxygens (including phenoxy) is 3. The Balaban J connectivity index is 1.98. The minimum absolute atomic E-state index is 0.151. The lowest BCUT2D eigenvalue weighted by molar-refractivity contribution is -0.155. The molecule has 0 aliphatic heterocycles. The van der Waals surface area contributed by atoms with Crippen molar-refractivity contribution in [1.29, 1.82) is 0 Å². The first kappa shape index (κ1) is 32.7. The number of rotatable bonds is 16. The fraction of sp³-hybridized carbons (Fsp3) is 0.457. The Hall–Kier alpha value is -2.77. The van der Waals surface area contributed by atoms with Crippen molar-refractivity contribution in [3.63, 3.8) is 0 Å². The maximum atomic E-state index is 13.1. The van der Waals surface area contributed by atoms with Crippen LogP contribution in [0.4, 0.5) is 0 Å². The summed E-state index contributed by atoms with van der Waals surface area (Å²) in [6.45, 7) is 12.1. The quantitative estimate of drug-likeness (QED) is 0.0856. The molecule has 222 valence electrons. The Morgan fingerprint density at radius 1 is 0.854 bits per heavy atom. The van der Waals surface area contributed by atoms with Gasteiger partial charge < -0.3 is 18.6 Å². The monoisotopic (exact) mass is 576 g/mol. The van der Waals surface area contributed by atoms with Crippen molar-refractivity contribution in [3.05, 3.63) is 96.6 Å². The molecule has 0 bridgehead atoms. The third-order valence-corrected chi connectivity index (χ3v) is 12.9. The van der Waals surface area contributed by atoms with Gasteiger partial charge in [0.05, 0.1) is 25.7 Å². The number of methoxy groups -OCH3 is 1. The standard InChI is InChI=1S/C35H48O5Si/c1-7-8-24-38-27-39-33(28(2)32(34(36)37-6)25-29-18-12-9-13-19-29)26-40-41(35(3,4)5,30-20-14-10-15-21-30)31-22-16-11-17-23-31/h9-23,28,32-33H,7-8,24-27H2,1-6H3/t28-,32-,33+/m0/s1. The maximum absolute atomic E-state index is 13.1. The number of carbonyl (C=O) groups is 1. The summed E-state index contributed by atoms with van der Waals surface area (Å²) in [6, 6.07) is 31.2. The highest BCUT2D eigenvalue weighted by molar-refractivity contribution is 6.99. The van der Waals surface area contributed by atoms with E-state index in [2.05, 4.69) is 83.1 Å². The van der Waals surface area contributed by atoms with Gasteiger partial charge in [-0.1, -0.05) is 132 Å². The molecule has 0 aliphatic rings. The first-order valence-corrected chi connectivity index (χ1v) is 16.7. The second-order valence-electron chi connectivity index (χ2n) is 11.7. The molecule has 0 amide bonds. The van der Waals surface area contributed by atoms with E-state index >= 15 is 0 Å². The van der Waals surface area contributed by atoms with Crippen LogP contribution >= 0.6 is 0 Å². The fourth-order valence-corrected chi connectivity index (χ4v) is 10.1. The van der Waals surface area contributed by atoms with Gasteiger partial charge in [-0.15, -0.1) is 0 Å². The summed E-state index contributed by atoms with van der Waals surface area (Å²) in [5, 5.41) is 2.24. The number of unbranched alkanes of at least 4 members (excludes halogenated alkanes) is 1. The van der Waals surface area contributed by atoms with E-state index in [1.54, 1.807) is 0 Å². The van der Waals surface area contributed by atoms with Gasteiger partial charge in [0.2, 0.25) is 0 Å². The van der Waals surface area contributed by atoms with Crippen molar-refractivity contribution < 1.29 is 23.4 Å². The number of hydrogen-bond donors (Lipinski definition) is 0. The van der Waals surface area contributed by atoms with Crippen LogP contribution in [0.2, 0.25) is 5.04 Å². The number of benzene rings is 3. The Morgan fingerprint density at radius 3 is 1.88 bits per heavy atom. The predicted octanol–water partition coefficient (Wildman–Crippen LogP) is 6.39. The van der Waals surface area contributed by atoms with Gasteiger partial charge in [0, 0.05) is 6.61 Å². The van der Waals surface area contributed by atoms with Crippen LogP contribution in [0.15, 0.2) is 91.0 Å². The molecule has 0 unspecified atom stereocenters. The molecule has 0 saturated carbocycles. The summed E-state index contributed by atoms with van der Waals surface area (Å²) in [7, 11) is -1.35. The minimum atomic E-state index is -2.80. The molecule has 3 rings (SSSR count). The third-order valence-electron chi connectivity index (χ3n) is 7.91. The molecule has 41 heavy (non-hydrogen) atoms. The van der Waals surface area contributed by atoms with E-state index in [-0.39, 0.29) is 29.8 Å². The van der Waals surface area contributed by atoms with Gasteiger partial charge in [-0.3, -0.25) is 4.79 Å². The van der Waals surface area contributed by atoms with Crippen LogP contribution in [0.1, 0.15) is 53.0 Å². The molecule has 3 atom stereocenters. The van der Waals surface area contributed by atoms with E-state index in [1.807, 2.05) is 42.5 Å². The summed E-state index contributed by atoms with van der Waals surface area (Å²) in [4.78, 5) is 13.1. The molecule has 0 radical (unpaired) electrons. The van der Waals surface area contributed by atoms with Crippen molar-refractivity contribution in [1.82, 2.24) is 0 Å². The van der Waals surface area contributed by atoms with E-state index in [0.717, 1.165) is 18.4 Å². The van der Waals surface area contributed by atoms with Crippen molar-refractivity contribution in [2.45, 2.75) is 65.0 Å². The lowest BCUT2D eigenvalue weighted by atomic mass is 9.84. The average Bonchev–Trinajstić information content (AvgIpc) is 2.99. The van der Waals surface area contributed by atoms with Crippen molar-refractivity contribution >= 4 is 24.7 Å². The van der Waals surface area contributed by atoms with E-state index in [9.17, 15) is 4.79 Å². The first-order valence-electron chi connectivity index (χ1n) is 14.8. The van der Waals surface area contributed by atoms with Gasteiger partial charge in [0.25, 0.3) is 8.32 Å². The Labute approximate surface area is 248 Å². The Kier molecular flexibility index (Phi) is 12.8. The first-order chi connectivity index (χ1) is 19.7. The molecule has 0 saturated heterocycles. The summed E-state index contributed by atoms with van der Waals surface area (Å²) in [6.07, 6.45) is 2.20.